The van der Waals surface area contributed by atoms with Gasteiger partial charge in [0, 0.05) is 6.04 Å². The van der Waals surface area contributed by atoms with Crippen molar-refractivity contribution in [3.8, 4) is 5.75 Å². The van der Waals surface area contributed by atoms with E-state index in [1.807, 2.05) is 0 Å². The predicted octanol–water partition coefficient (Wildman–Crippen LogP) is 3.72. The van der Waals surface area contributed by atoms with Crippen molar-refractivity contribution >= 4 is 35.1 Å². The number of nitrogens with zero attached hydrogens (tertiary/aromatic N) is 2. The number of methoxy groups -OCH3 is 1. The third-order valence-electron chi connectivity index (χ3n) is 6.41. The first-order valence-electron chi connectivity index (χ1n) is 11.6. The highest BCUT2D eigenvalue weighted by molar-refractivity contribution is 6.22. The highest BCUT2D eigenvalue weighted by atomic mass is 16.6. The average Bonchev–Trinajstić information content (AvgIpc) is 3.13. The zero-order valence-corrected chi connectivity index (χ0v) is 19.8. The second-order valence-corrected chi connectivity index (χ2v) is 8.71. The minimum Gasteiger partial charge on any atom is -0.496 e. The van der Waals surface area contributed by atoms with Gasteiger partial charge in [-0.3, -0.25) is 29.4 Å². The summed E-state index contributed by atoms with van der Waals surface area (Å²) in [6.45, 7) is 1.31. The van der Waals surface area contributed by atoms with Gasteiger partial charge in [-0.05, 0) is 50.1 Å². The molecule has 2 aliphatic rings. The van der Waals surface area contributed by atoms with Crippen LogP contribution in [0.3, 0.4) is 0 Å². The van der Waals surface area contributed by atoms with Crippen molar-refractivity contribution in [2.24, 2.45) is 0 Å². The van der Waals surface area contributed by atoms with E-state index in [1.165, 1.54) is 49.3 Å². The average molecular weight is 495 g/mol. The first kappa shape index (κ1) is 24.8. The normalized spacial score (nSPS) is 16.3. The summed E-state index contributed by atoms with van der Waals surface area (Å²) in [7, 11) is 1.36. The molecule has 36 heavy (non-hydrogen) atoms. The highest BCUT2D eigenvalue weighted by Gasteiger charge is 2.40. The summed E-state index contributed by atoms with van der Waals surface area (Å²) in [6, 6.07) is 7.86. The van der Waals surface area contributed by atoms with Crippen LogP contribution in [-0.2, 0) is 9.53 Å². The van der Waals surface area contributed by atoms with Crippen LogP contribution in [0.1, 0.15) is 70.1 Å². The Kier molecular flexibility index (Phi) is 7.00. The Hall–Kier alpha value is -4.28. The van der Waals surface area contributed by atoms with Crippen LogP contribution in [-0.4, -0.2) is 52.8 Å². The van der Waals surface area contributed by atoms with Crippen molar-refractivity contribution < 1.29 is 33.6 Å². The van der Waals surface area contributed by atoms with Gasteiger partial charge >= 0.3 is 5.97 Å². The van der Waals surface area contributed by atoms with Crippen molar-refractivity contribution in [1.29, 1.82) is 0 Å². The zero-order chi connectivity index (χ0) is 26.0. The standard InChI is InChI=1S/C25H25N3O8/c1-14(22(29)26-20-11-9-17(35-2)13-21(20)28(33)34)36-25(32)15-8-10-18-19(12-15)24(31)27(23(18)30)16-6-4-3-5-7-16/h8-14,16H,3-7H2,1-2H3,(H,26,29). The lowest BCUT2D eigenvalue weighted by Crippen LogP contribution is -2.40. The Morgan fingerprint density at radius 2 is 1.75 bits per heavy atom. The molecule has 0 aromatic heterocycles. The van der Waals surface area contributed by atoms with Crippen LogP contribution in [0, 0.1) is 10.1 Å². The molecule has 4 rings (SSSR count). The molecule has 1 N–H and O–H groups in total. The molecule has 0 spiro atoms. The molecular weight excluding hydrogens is 470 g/mol. The third kappa shape index (κ3) is 4.77. The number of nitro benzene ring substituents is 1. The number of imide groups is 1. The first-order chi connectivity index (χ1) is 17.2. The summed E-state index contributed by atoms with van der Waals surface area (Å²) < 4.78 is 10.2. The third-order valence-corrected chi connectivity index (χ3v) is 6.41. The molecule has 188 valence electrons. The number of nitro groups is 1. The Balaban J connectivity index is 1.45. The number of fused-ring (bicyclic) bond motifs is 1. The van der Waals surface area contributed by atoms with Crippen LogP contribution < -0.4 is 10.1 Å². The lowest BCUT2D eigenvalue weighted by atomic mass is 9.94. The van der Waals surface area contributed by atoms with Crippen molar-refractivity contribution in [2.75, 3.05) is 12.4 Å². The first-order valence-corrected chi connectivity index (χ1v) is 11.6. The molecule has 0 saturated heterocycles. The topological polar surface area (TPSA) is 145 Å². The summed E-state index contributed by atoms with van der Waals surface area (Å²) in [5, 5.41) is 13.7. The van der Waals surface area contributed by atoms with Gasteiger partial charge < -0.3 is 14.8 Å². The number of hydrogen-bond donors (Lipinski definition) is 1. The van der Waals surface area contributed by atoms with Gasteiger partial charge in [-0.2, -0.15) is 0 Å². The maximum absolute atomic E-state index is 13.0. The summed E-state index contributed by atoms with van der Waals surface area (Å²) in [4.78, 5) is 63.0. The molecule has 3 amide bonds. The number of hydrogen-bond acceptors (Lipinski definition) is 8. The number of esters is 1. The monoisotopic (exact) mass is 495 g/mol. The summed E-state index contributed by atoms with van der Waals surface area (Å²) in [5.74, 6) is -2.22. The van der Waals surface area contributed by atoms with Crippen LogP contribution >= 0.6 is 0 Å². The SMILES string of the molecule is COc1ccc(NC(=O)C(C)OC(=O)c2ccc3c(c2)C(=O)N(C2CCCCC2)C3=O)c([N+](=O)[O-])c1. The number of anilines is 1. The van der Waals surface area contributed by atoms with Gasteiger partial charge in [-0.25, -0.2) is 4.79 Å². The lowest BCUT2D eigenvalue weighted by Gasteiger charge is -2.29. The predicted molar refractivity (Wildman–Crippen MR) is 127 cm³/mol. The molecule has 1 aliphatic carbocycles. The largest absolute Gasteiger partial charge is 0.496 e. The van der Waals surface area contributed by atoms with Crippen LogP contribution in [0.25, 0.3) is 0 Å². The van der Waals surface area contributed by atoms with E-state index in [0.29, 0.717) is 0 Å². The fourth-order valence-corrected chi connectivity index (χ4v) is 4.47. The van der Waals surface area contributed by atoms with E-state index in [0.717, 1.165) is 38.2 Å². The number of amides is 3. The summed E-state index contributed by atoms with van der Waals surface area (Å²) in [5.41, 5.74) is -0.0927. The summed E-state index contributed by atoms with van der Waals surface area (Å²) in [6.07, 6.45) is 3.21. The quantitative estimate of drug-likeness (QED) is 0.265. The van der Waals surface area contributed by atoms with Crippen molar-refractivity contribution in [3.63, 3.8) is 0 Å². The van der Waals surface area contributed by atoms with Gasteiger partial charge in [-0.15, -0.1) is 0 Å². The molecule has 1 saturated carbocycles. The molecule has 1 fully saturated rings. The second-order valence-electron chi connectivity index (χ2n) is 8.71. The molecule has 11 heteroatoms. The maximum Gasteiger partial charge on any atom is 0.338 e. The molecule has 1 unspecified atom stereocenters. The van der Waals surface area contributed by atoms with Gasteiger partial charge in [0.1, 0.15) is 11.4 Å². The lowest BCUT2D eigenvalue weighted by molar-refractivity contribution is -0.384. The number of carbonyl (C=O) groups excluding carboxylic acids is 4. The molecule has 1 heterocycles. The van der Waals surface area contributed by atoms with Crippen molar-refractivity contribution in [2.45, 2.75) is 51.2 Å². The van der Waals surface area contributed by atoms with Crippen LogP contribution in [0.5, 0.6) is 5.75 Å². The molecule has 0 bridgehead atoms. The second kappa shape index (κ2) is 10.1. The highest BCUT2D eigenvalue weighted by Crippen LogP contribution is 2.32. The number of rotatable bonds is 7. The number of benzene rings is 2. The Morgan fingerprint density at radius 3 is 2.42 bits per heavy atom. The van der Waals surface area contributed by atoms with Gasteiger partial charge in [-0.1, -0.05) is 19.3 Å². The molecular formula is C25H25N3O8. The van der Waals surface area contributed by atoms with Crippen molar-refractivity contribution in [1.82, 2.24) is 4.90 Å². The van der Waals surface area contributed by atoms with Gasteiger partial charge in [0.2, 0.25) is 0 Å². The van der Waals surface area contributed by atoms with Crippen LogP contribution in [0.2, 0.25) is 0 Å². The van der Waals surface area contributed by atoms with E-state index < -0.39 is 28.8 Å². The van der Waals surface area contributed by atoms with E-state index in [1.54, 1.807) is 0 Å². The molecule has 11 nitrogen and oxygen atoms in total. The van der Waals surface area contributed by atoms with E-state index in [2.05, 4.69) is 5.32 Å². The van der Waals surface area contributed by atoms with Crippen molar-refractivity contribution in [3.05, 3.63) is 63.2 Å². The number of ether oxygens (including phenoxy) is 2. The van der Waals surface area contributed by atoms with E-state index >= 15 is 0 Å². The molecule has 1 atom stereocenters. The fraction of sp³-hybridized carbons (Fsp3) is 0.360. The van der Waals surface area contributed by atoms with Gasteiger partial charge in [0.15, 0.2) is 6.10 Å². The van der Waals surface area contributed by atoms with Crippen LogP contribution in [0.4, 0.5) is 11.4 Å². The van der Waals surface area contributed by atoms with Crippen LogP contribution in [0.15, 0.2) is 36.4 Å². The minimum absolute atomic E-state index is 0.00970. The zero-order valence-electron chi connectivity index (χ0n) is 19.8. The Labute approximate surface area is 206 Å². The van der Waals surface area contributed by atoms with E-state index in [9.17, 15) is 29.3 Å². The Morgan fingerprint density at radius 1 is 1.06 bits per heavy atom. The molecule has 1 aliphatic heterocycles. The molecule has 2 aromatic carbocycles. The minimum atomic E-state index is -1.30. The maximum atomic E-state index is 13.0. The van der Waals surface area contributed by atoms with E-state index in [4.69, 9.17) is 9.47 Å². The fourth-order valence-electron chi connectivity index (χ4n) is 4.47. The van der Waals surface area contributed by atoms with Gasteiger partial charge in [0.05, 0.1) is 34.8 Å². The molecule has 0 radical (unpaired) electrons. The van der Waals surface area contributed by atoms with E-state index in [-0.39, 0.29) is 45.8 Å². The summed E-state index contributed by atoms with van der Waals surface area (Å²) >= 11 is 0. The number of nitrogens with one attached hydrogen (secondary N) is 1. The Bertz CT molecular complexity index is 1250. The number of carbonyl (C=O) groups is 4. The molecule has 2 aromatic rings. The van der Waals surface area contributed by atoms with Gasteiger partial charge in [0.25, 0.3) is 23.4 Å². The smallest absolute Gasteiger partial charge is 0.338 e.